The Morgan fingerprint density at radius 1 is 1.43 bits per heavy atom. The minimum Gasteiger partial charge on any atom is -0.384 e. The largest absolute Gasteiger partial charge is 0.384 e. The average Bonchev–Trinajstić information content (AvgIpc) is 2.99. The molecule has 0 radical (unpaired) electrons. The predicted molar refractivity (Wildman–Crippen MR) is 85.6 cm³/mol. The summed E-state index contributed by atoms with van der Waals surface area (Å²) in [4.78, 5) is 18.7. The minimum absolute atomic E-state index is 0.0769. The van der Waals surface area contributed by atoms with Crippen LogP contribution in [0, 0.1) is 5.92 Å². The van der Waals surface area contributed by atoms with Gasteiger partial charge in [0, 0.05) is 19.6 Å². The number of nitrogens with one attached hydrogen (secondary N) is 2. The van der Waals surface area contributed by atoms with Crippen molar-refractivity contribution in [3.8, 4) is 0 Å². The smallest absolute Gasteiger partial charge is 0.269 e. The molecule has 5 heteroatoms. The molecule has 1 aromatic heterocycles. The standard InChI is InChI=1S/C16H26N4O/c1-3-8-17-14-5-6-15(18-11-14)16(21)19-10-13-7-9-20(4-2)12-13/h5-6,11,13,17H,3-4,7-10,12H2,1-2H3,(H,19,21). The van der Waals surface area contributed by atoms with Crippen molar-refractivity contribution in [2.75, 3.05) is 38.0 Å². The summed E-state index contributed by atoms with van der Waals surface area (Å²) in [5.41, 5.74) is 1.45. The summed E-state index contributed by atoms with van der Waals surface area (Å²) >= 11 is 0. The Bertz CT molecular complexity index is 446. The Hall–Kier alpha value is -1.62. The fourth-order valence-electron chi connectivity index (χ4n) is 2.60. The van der Waals surface area contributed by atoms with E-state index >= 15 is 0 Å². The quantitative estimate of drug-likeness (QED) is 0.806. The Labute approximate surface area is 127 Å². The third-order valence-corrected chi connectivity index (χ3v) is 3.94. The van der Waals surface area contributed by atoms with Gasteiger partial charge in [0.15, 0.2) is 0 Å². The summed E-state index contributed by atoms with van der Waals surface area (Å²) < 4.78 is 0. The number of carbonyl (C=O) groups excluding carboxylic acids is 1. The van der Waals surface area contributed by atoms with Crippen LogP contribution in [-0.4, -0.2) is 48.5 Å². The van der Waals surface area contributed by atoms with Gasteiger partial charge in [0.05, 0.1) is 11.9 Å². The molecule has 0 aromatic carbocycles. The first-order chi connectivity index (χ1) is 10.2. The molecule has 0 saturated carbocycles. The van der Waals surface area contributed by atoms with Crippen LogP contribution in [0.15, 0.2) is 18.3 Å². The van der Waals surface area contributed by atoms with Crippen molar-refractivity contribution < 1.29 is 4.79 Å². The second-order valence-corrected chi connectivity index (χ2v) is 5.62. The van der Waals surface area contributed by atoms with E-state index in [1.165, 1.54) is 6.42 Å². The molecule has 0 spiro atoms. The van der Waals surface area contributed by atoms with Crippen LogP contribution in [0.25, 0.3) is 0 Å². The van der Waals surface area contributed by atoms with Crippen LogP contribution in [-0.2, 0) is 0 Å². The zero-order valence-corrected chi connectivity index (χ0v) is 13.1. The number of nitrogens with zero attached hydrogens (tertiary/aromatic N) is 2. The van der Waals surface area contributed by atoms with Crippen LogP contribution in [0.2, 0.25) is 0 Å². The SMILES string of the molecule is CCCNc1ccc(C(=O)NCC2CCN(CC)C2)nc1. The zero-order valence-electron chi connectivity index (χ0n) is 13.1. The summed E-state index contributed by atoms with van der Waals surface area (Å²) in [5.74, 6) is 0.492. The normalized spacial score (nSPS) is 18.7. The highest BCUT2D eigenvalue weighted by atomic mass is 16.1. The molecule has 1 aromatic rings. The molecule has 2 N–H and O–H groups in total. The second-order valence-electron chi connectivity index (χ2n) is 5.62. The molecule has 1 unspecified atom stereocenters. The molecule has 1 saturated heterocycles. The van der Waals surface area contributed by atoms with Crippen molar-refractivity contribution in [3.63, 3.8) is 0 Å². The molecule has 21 heavy (non-hydrogen) atoms. The number of pyridine rings is 1. The molecule has 116 valence electrons. The summed E-state index contributed by atoms with van der Waals surface area (Å²) in [6, 6.07) is 3.69. The maximum Gasteiger partial charge on any atom is 0.269 e. The topological polar surface area (TPSA) is 57.3 Å². The molecule has 1 atom stereocenters. The first-order valence-corrected chi connectivity index (χ1v) is 7.93. The second kappa shape index (κ2) is 7.98. The fraction of sp³-hybridized carbons (Fsp3) is 0.625. The molecule has 2 rings (SSSR count). The summed E-state index contributed by atoms with van der Waals surface area (Å²) in [6.45, 7) is 9.29. The maximum absolute atomic E-state index is 12.1. The highest BCUT2D eigenvalue weighted by Crippen LogP contribution is 2.14. The van der Waals surface area contributed by atoms with Crippen LogP contribution in [0.3, 0.4) is 0 Å². The third-order valence-electron chi connectivity index (χ3n) is 3.94. The lowest BCUT2D eigenvalue weighted by atomic mass is 10.1. The molecule has 0 aliphatic carbocycles. The lowest BCUT2D eigenvalue weighted by Gasteiger charge is -2.13. The van der Waals surface area contributed by atoms with Gasteiger partial charge in [-0.1, -0.05) is 13.8 Å². The van der Waals surface area contributed by atoms with Crippen molar-refractivity contribution in [3.05, 3.63) is 24.0 Å². The molecule has 2 heterocycles. The van der Waals surface area contributed by atoms with E-state index in [-0.39, 0.29) is 5.91 Å². The van der Waals surface area contributed by atoms with Gasteiger partial charge in [-0.25, -0.2) is 4.98 Å². The number of aromatic nitrogens is 1. The van der Waals surface area contributed by atoms with Crippen LogP contribution < -0.4 is 10.6 Å². The Morgan fingerprint density at radius 2 is 2.29 bits per heavy atom. The lowest BCUT2D eigenvalue weighted by Crippen LogP contribution is -2.31. The van der Waals surface area contributed by atoms with E-state index in [1.807, 2.05) is 6.07 Å². The van der Waals surface area contributed by atoms with Crippen molar-refractivity contribution >= 4 is 11.6 Å². The first kappa shape index (κ1) is 15.8. The van der Waals surface area contributed by atoms with Crippen molar-refractivity contribution in [2.45, 2.75) is 26.7 Å². The monoisotopic (exact) mass is 290 g/mol. The number of likely N-dealkylation sites (tertiary alicyclic amines) is 1. The molecule has 0 bridgehead atoms. The van der Waals surface area contributed by atoms with Gasteiger partial charge < -0.3 is 15.5 Å². The van der Waals surface area contributed by atoms with Gasteiger partial charge in [0.1, 0.15) is 5.69 Å². The van der Waals surface area contributed by atoms with Gasteiger partial charge in [-0.15, -0.1) is 0 Å². The molecular weight excluding hydrogens is 264 g/mol. The third kappa shape index (κ3) is 4.70. The van der Waals surface area contributed by atoms with Crippen LogP contribution >= 0.6 is 0 Å². The van der Waals surface area contributed by atoms with E-state index in [1.54, 1.807) is 12.3 Å². The molecule has 1 aliphatic rings. The average molecular weight is 290 g/mol. The first-order valence-electron chi connectivity index (χ1n) is 7.93. The van der Waals surface area contributed by atoms with E-state index in [9.17, 15) is 4.79 Å². The van der Waals surface area contributed by atoms with Crippen molar-refractivity contribution in [1.29, 1.82) is 0 Å². The molecule has 5 nitrogen and oxygen atoms in total. The number of anilines is 1. The summed E-state index contributed by atoms with van der Waals surface area (Å²) in [6.07, 6.45) is 3.96. The van der Waals surface area contributed by atoms with E-state index in [0.29, 0.717) is 11.6 Å². The number of hydrogen-bond donors (Lipinski definition) is 2. The molecule has 1 amide bonds. The van der Waals surface area contributed by atoms with Gasteiger partial charge in [0.2, 0.25) is 0 Å². The number of amides is 1. The molecular formula is C16H26N4O. The minimum atomic E-state index is -0.0769. The fourth-order valence-corrected chi connectivity index (χ4v) is 2.60. The van der Waals surface area contributed by atoms with Gasteiger partial charge in [0.25, 0.3) is 5.91 Å². The van der Waals surface area contributed by atoms with Crippen LogP contribution in [0.5, 0.6) is 0 Å². The summed E-state index contributed by atoms with van der Waals surface area (Å²) in [7, 11) is 0. The zero-order chi connectivity index (χ0) is 15.1. The van der Waals surface area contributed by atoms with Gasteiger partial charge in [-0.2, -0.15) is 0 Å². The van der Waals surface area contributed by atoms with Gasteiger partial charge in [-0.05, 0) is 44.0 Å². The Morgan fingerprint density at radius 3 is 2.90 bits per heavy atom. The number of carbonyl (C=O) groups is 1. The molecule has 1 fully saturated rings. The van der Waals surface area contributed by atoms with E-state index in [0.717, 1.165) is 44.8 Å². The Balaban J connectivity index is 1.78. The van der Waals surface area contributed by atoms with E-state index in [4.69, 9.17) is 0 Å². The van der Waals surface area contributed by atoms with E-state index in [2.05, 4.69) is 34.4 Å². The maximum atomic E-state index is 12.1. The van der Waals surface area contributed by atoms with Crippen molar-refractivity contribution in [1.82, 2.24) is 15.2 Å². The number of hydrogen-bond acceptors (Lipinski definition) is 4. The van der Waals surface area contributed by atoms with Crippen LogP contribution in [0.1, 0.15) is 37.2 Å². The number of rotatable bonds is 7. The van der Waals surface area contributed by atoms with Crippen molar-refractivity contribution in [2.24, 2.45) is 5.92 Å². The highest BCUT2D eigenvalue weighted by molar-refractivity contribution is 5.92. The highest BCUT2D eigenvalue weighted by Gasteiger charge is 2.21. The molecule has 1 aliphatic heterocycles. The lowest BCUT2D eigenvalue weighted by molar-refractivity contribution is 0.0942. The predicted octanol–water partition coefficient (Wildman–Crippen LogP) is 1.98. The van der Waals surface area contributed by atoms with Gasteiger partial charge in [-0.3, -0.25) is 4.79 Å². The van der Waals surface area contributed by atoms with E-state index < -0.39 is 0 Å². The summed E-state index contributed by atoms with van der Waals surface area (Å²) in [5, 5.41) is 6.25. The van der Waals surface area contributed by atoms with Crippen LogP contribution in [0.4, 0.5) is 5.69 Å². The Kier molecular flexibility index (Phi) is 5.99. The van der Waals surface area contributed by atoms with Gasteiger partial charge >= 0.3 is 0 Å².